The molecule has 4 heteroatoms. The van der Waals surface area contributed by atoms with Crippen LogP contribution in [0.5, 0.6) is 0 Å². The molecule has 0 aliphatic rings. The first-order valence-corrected chi connectivity index (χ1v) is 6.35. The quantitative estimate of drug-likeness (QED) is 0.399. The van der Waals surface area contributed by atoms with E-state index in [0.717, 1.165) is 12.8 Å². The molecule has 0 amide bonds. The molecular weight excluding hydrogens is 232 g/mol. The predicted octanol–water partition coefficient (Wildman–Crippen LogP) is 2.86. The van der Waals surface area contributed by atoms with Gasteiger partial charge in [0, 0.05) is 0 Å². The first-order valence-electron chi connectivity index (χ1n) is 6.35. The molecule has 0 aromatic rings. The van der Waals surface area contributed by atoms with Crippen molar-refractivity contribution in [3.8, 4) is 0 Å². The molecule has 0 bridgehead atoms. The van der Waals surface area contributed by atoms with Crippen molar-refractivity contribution >= 4 is 11.9 Å². The fourth-order valence-electron chi connectivity index (χ4n) is 1.50. The van der Waals surface area contributed by atoms with Crippen LogP contribution in [0.25, 0.3) is 0 Å². The van der Waals surface area contributed by atoms with Crippen LogP contribution in [-0.4, -0.2) is 24.1 Å². The smallest absolute Gasteiger partial charge is 0.418 e. The number of hydrogen-bond acceptors (Lipinski definition) is 4. The molecule has 0 radical (unpaired) electrons. The van der Waals surface area contributed by atoms with Gasteiger partial charge in [0.15, 0.2) is 0 Å². The zero-order valence-electron chi connectivity index (χ0n) is 11.8. The van der Waals surface area contributed by atoms with Gasteiger partial charge in [-0.3, -0.25) is 0 Å². The van der Waals surface area contributed by atoms with Crippen molar-refractivity contribution in [2.24, 2.45) is 5.92 Å². The number of allylic oxidation sites excluding steroid dienone is 1. The van der Waals surface area contributed by atoms with Gasteiger partial charge in [0.2, 0.25) is 0 Å². The number of carbonyl (C=O) groups is 2. The zero-order chi connectivity index (χ0) is 14.2. The number of rotatable bonds is 7. The molecule has 0 heterocycles. The molecule has 0 aliphatic carbocycles. The maximum atomic E-state index is 11.4. The minimum Gasteiger partial charge on any atom is -0.458 e. The van der Waals surface area contributed by atoms with E-state index < -0.39 is 17.5 Å². The zero-order valence-corrected chi connectivity index (χ0v) is 11.8. The van der Waals surface area contributed by atoms with E-state index in [-0.39, 0.29) is 6.61 Å². The van der Waals surface area contributed by atoms with E-state index >= 15 is 0 Å². The highest BCUT2D eigenvalue weighted by Gasteiger charge is 2.27. The first-order chi connectivity index (χ1) is 8.32. The van der Waals surface area contributed by atoms with Gasteiger partial charge in [-0.1, -0.05) is 13.0 Å². The average Bonchev–Trinajstić information content (AvgIpc) is 2.28. The van der Waals surface area contributed by atoms with Gasteiger partial charge in [0.25, 0.3) is 0 Å². The van der Waals surface area contributed by atoms with Gasteiger partial charge >= 0.3 is 11.9 Å². The van der Waals surface area contributed by atoms with Crippen LogP contribution in [0.4, 0.5) is 0 Å². The molecule has 1 unspecified atom stereocenters. The van der Waals surface area contributed by atoms with Crippen LogP contribution in [0.15, 0.2) is 12.7 Å². The average molecular weight is 256 g/mol. The van der Waals surface area contributed by atoms with Gasteiger partial charge in [-0.25, -0.2) is 9.59 Å². The van der Waals surface area contributed by atoms with Crippen molar-refractivity contribution in [3.63, 3.8) is 0 Å². The molecule has 0 N–H and O–H groups in total. The van der Waals surface area contributed by atoms with E-state index in [4.69, 9.17) is 4.74 Å². The molecule has 0 saturated heterocycles. The second-order valence-electron chi connectivity index (χ2n) is 4.97. The van der Waals surface area contributed by atoms with Crippen molar-refractivity contribution in [2.75, 3.05) is 6.61 Å². The summed E-state index contributed by atoms with van der Waals surface area (Å²) >= 11 is 0. The molecular formula is C14H24O4. The van der Waals surface area contributed by atoms with Crippen LogP contribution in [0.2, 0.25) is 0 Å². The Bertz CT molecular complexity index is 294. The maximum absolute atomic E-state index is 11.4. The number of ether oxygens (including phenoxy) is 2. The predicted molar refractivity (Wildman–Crippen MR) is 70.0 cm³/mol. The molecule has 1 atom stereocenters. The van der Waals surface area contributed by atoms with Crippen molar-refractivity contribution in [1.82, 2.24) is 0 Å². The van der Waals surface area contributed by atoms with E-state index in [0.29, 0.717) is 12.3 Å². The fraction of sp³-hybridized carbons (Fsp3) is 0.714. The van der Waals surface area contributed by atoms with Crippen molar-refractivity contribution in [3.05, 3.63) is 12.7 Å². The molecule has 0 aliphatic heterocycles. The molecule has 18 heavy (non-hydrogen) atoms. The first kappa shape index (κ1) is 16.7. The summed E-state index contributed by atoms with van der Waals surface area (Å²) in [5.41, 5.74) is -0.648. The molecule has 4 nitrogen and oxygen atoms in total. The number of esters is 2. The number of hydrogen-bond donors (Lipinski definition) is 0. The van der Waals surface area contributed by atoms with Gasteiger partial charge < -0.3 is 9.47 Å². The molecule has 0 saturated carbocycles. The van der Waals surface area contributed by atoms with Gasteiger partial charge in [-0.2, -0.15) is 0 Å². The van der Waals surface area contributed by atoms with E-state index in [2.05, 4.69) is 18.2 Å². The molecule has 0 aromatic heterocycles. The van der Waals surface area contributed by atoms with Crippen LogP contribution in [0.3, 0.4) is 0 Å². The van der Waals surface area contributed by atoms with Gasteiger partial charge in [-0.05, 0) is 46.0 Å². The van der Waals surface area contributed by atoms with Crippen molar-refractivity contribution in [2.45, 2.75) is 52.6 Å². The fourth-order valence-corrected chi connectivity index (χ4v) is 1.50. The van der Waals surface area contributed by atoms with Crippen LogP contribution >= 0.6 is 0 Å². The Morgan fingerprint density at radius 1 is 1.33 bits per heavy atom. The lowest BCUT2D eigenvalue weighted by atomic mass is 9.97. The summed E-state index contributed by atoms with van der Waals surface area (Å²) in [6.07, 6.45) is 4.51. The SMILES string of the molecule is C=CC(C)CCCC(C)(C)OC(=O)C(=O)OCC. The summed E-state index contributed by atoms with van der Waals surface area (Å²) in [5, 5.41) is 0. The van der Waals surface area contributed by atoms with Crippen LogP contribution in [0, 0.1) is 5.92 Å². The van der Waals surface area contributed by atoms with Gasteiger partial charge in [-0.15, -0.1) is 6.58 Å². The molecule has 0 rings (SSSR count). The summed E-state index contributed by atoms with van der Waals surface area (Å²) in [7, 11) is 0. The molecule has 0 aromatic carbocycles. The van der Waals surface area contributed by atoms with Crippen molar-refractivity contribution < 1.29 is 19.1 Å². The lowest BCUT2D eigenvalue weighted by Gasteiger charge is -2.24. The highest BCUT2D eigenvalue weighted by atomic mass is 16.6. The Hall–Kier alpha value is -1.32. The lowest BCUT2D eigenvalue weighted by Crippen LogP contribution is -2.32. The van der Waals surface area contributed by atoms with Crippen molar-refractivity contribution in [1.29, 1.82) is 0 Å². The Labute approximate surface area is 109 Å². The minimum absolute atomic E-state index is 0.172. The third-order valence-electron chi connectivity index (χ3n) is 2.65. The summed E-state index contributed by atoms with van der Waals surface area (Å²) in [6, 6.07) is 0. The molecule has 0 fully saturated rings. The van der Waals surface area contributed by atoms with Crippen LogP contribution < -0.4 is 0 Å². The highest BCUT2D eigenvalue weighted by molar-refractivity contribution is 6.29. The monoisotopic (exact) mass is 256 g/mol. The third-order valence-corrected chi connectivity index (χ3v) is 2.65. The Morgan fingerprint density at radius 2 is 1.94 bits per heavy atom. The van der Waals surface area contributed by atoms with Gasteiger partial charge in [0.05, 0.1) is 6.61 Å². The van der Waals surface area contributed by atoms with E-state index in [1.807, 2.05) is 6.08 Å². The largest absolute Gasteiger partial charge is 0.458 e. The Kier molecular flexibility index (Phi) is 7.32. The highest BCUT2D eigenvalue weighted by Crippen LogP contribution is 2.20. The van der Waals surface area contributed by atoms with Gasteiger partial charge in [0.1, 0.15) is 5.60 Å². The van der Waals surface area contributed by atoms with Crippen LogP contribution in [0.1, 0.15) is 47.0 Å². The van der Waals surface area contributed by atoms with E-state index in [1.54, 1.807) is 20.8 Å². The Morgan fingerprint density at radius 3 is 2.44 bits per heavy atom. The maximum Gasteiger partial charge on any atom is 0.418 e. The lowest BCUT2D eigenvalue weighted by molar-refractivity contribution is -0.175. The summed E-state index contributed by atoms with van der Waals surface area (Å²) in [6.45, 7) is 11.2. The molecule has 0 spiro atoms. The summed E-state index contributed by atoms with van der Waals surface area (Å²) in [4.78, 5) is 22.5. The number of carbonyl (C=O) groups excluding carboxylic acids is 2. The van der Waals surface area contributed by atoms with E-state index in [9.17, 15) is 9.59 Å². The second kappa shape index (κ2) is 7.90. The molecule has 104 valence electrons. The minimum atomic E-state index is -0.926. The van der Waals surface area contributed by atoms with Crippen LogP contribution in [-0.2, 0) is 19.1 Å². The third kappa shape index (κ3) is 7.09. The van der Waals surface area contributed by atoms with E-state index in [1.165, 1.54) is 0 Å². The summed E-state index contributed by atoms with van der Waals surface area (Å²) in [5.74, 6) is -1.40. The summed E-state index contributed by atoms with van der Waals surface area (Å²) < 4.78 is 9.71. The standard InChI is InChI=1S/C14H24O4/c1-6-11(3)9-8-10-14(4,5)18-13(16)12(15)17-7-2/h6,11H,1,7-10H2,2-5H3. The topological polar surface area (TPSA) is 52.6 Å². The second-order valence-corrected chi connectivity index (χ2v) is 4.97. The Balaban J connectivity index is 4.09. The normalized spacial score (nSPS) is 12.7.